The number of nitrogens with zero attached hydrogens (tertiary/aromatic N) is 2. The molecular formula is C12H14N2S. The van der Waals surface area contributed by atoms with Crippen LogP contribution in [0.3, 0.4) is 0 Å². The maximum Gasteiger partial charge on any atom is 0.120 e. The van der Waals surface area contributed by atoms with E-state index in [0.717, 1.165) is 11.3 Å². The fourth-order valence-corrected chi connectivity index (χ4v) is 3.50. The van der Waals surface area contributed by atoms with E-state index in [-0.39, 0.29) is 0 Å². The molecule has 0 spiro atoms. The zero-order valence-corrected chi connectivity index (χ0v) is 9.79. The lowest BCUT2D eigenvalue weighted by Gasteiger charge is -2.17. The van der Waals surface area contributed by atoms with E-state index in [1.54, 1.807) is 0 Å². The van der Waals surface area contributed by atoms with Gasteiger partial charge in [-0.1, -0.05) is 26.0 Å². The molecule has 1 atom stereocenters. The summed E-state index contributed by atoms with van der Waals surface area (Å²) >= 11 is 2.00. The first-order chi connectivity index (χ1) is 7.27. The van der Waals surface area contributed by atoms with Crippen LogP contribution in [0, 0.1) is 5.92 Å². The van der Waals surface area contributed by atoms with Crippen molar-refractivity contribution in [2.75, 3.05) is 0 Å². The normalized spacial score (nSPS) is 20.1. The molecule has 1 unspecified atom stereocenters. The first-order valence-electron chi connectivity index (χ1n) is 5.35. The van der Waals surface area contributed by atoms with E-state index >= 15 is 0 Å². The Morgan fingerprint density at radius 2 is 2.20 bits per heavy atom. The molecule has 3 heteroatoms. The summed E-state index contributed by atoms with van der Waals surface area (Å²) in [6.07, 6.45) is 0. The highest BCUT2D eigenvalue weighted by Gasteiger charge is 2.27. The smallest absolute Gasteiger partial charge is 0.120 e. The zero-order chi connectivity index (χ0) is 10.4. The lowest BCUT2D eigenvalue weighted by molar-refractivity contribution is 0.520. The van der Waals surface area contributed by atoms with Crippen molar-refractivity contribution in [1.29, 1.82) is 0 Å². The lowest BCUT2D eigenvalue weighted by atomic mass is 10.2. The van der Waals surface area contributed by atoms with Crippen LogP contribution in [0.1, 0.15) is 25.0 Å². The Labute approximate surface area is 93.7 Å². The summed E-state index contributed by atoms with van der Waals surface area (Å²) in [5, 5.41) is 0.562. The molecule has 15 heavy (non-hydrogen) atoms. The number of rotatable bonds is 1. The van der Waals surface area contributed by atoms with Gasteiger partial charge in [0.25, 0.3) is 0 Å². The van der Waals surface area contributed by atoms with Gasteiger partial charge in [-0.05, 0) is 18.1 Å². The molecule has 1 aromatic carbocycles. The topological polar surface area (TPSA) is 17.8 Å². The van der Waals surface area contributed by atoms with Crippen molar-refractivity contribution in [1.82, 2.24) is 9.55 Å². The van der Waals surface area contributed by atoms with Gasteiger partial charge < -0.3 is 4.57 Å². The molecule has 0 saturated carbocycles. The molecule has 1 aliphatic heterocycles. The Hall–Kier alpha value is -0.960. The number of hydrogen-bond acceptors (Lipinski definition) is 2. The Balaban J connectivity index is 2.24. The second kappa shape index (κ2) is 3.27. The molecule has 2 nitrogen and oxygen atoms in total. The molecule has 1 aromatic heterocycles. The van der Waals surface area contributed by atoms with E-state index in [1.165, 1.54) is 11.3 Å². The fourth-order valence-electron chi connectivity index (χ4n) is 2.21. The molecule has 0 radical (unpaired) electrons. The molecule has 1 aliphatic rings. The minimum Gasteiger partial charge on any atom is -0.314 e. The Morgan fingerprint density at radius 3 is 3.00 bits per heavy atom. The molecule has 3 rings (SSSR count). The predicted molar refractivity (Wildman–Crippen MR) is 64.9 cm³/mol. The average molecular weight is 218 g/mol. The quantitative estimate of drug-likeness (QED) is 0.729. The van der Waals surface area contributed by atoms with Crippen molar-refractivity contribution < 1.29 is 0 Å². The Morgan fingerprint density at radius 1 is 1.40 bits per heavy atom. The van der Waals surface area contributed by atoms with Crippen LogP contribution in [-0.4, -0.2) is 9.55 Å². The van der Waals surface area contributed by atoms with E-state index < -0.39 is 0 Å². The molecule has 2 aromatic rings. The van der Waals surface area contributed by atoms with Crippen LogP contribution in [-0.2, 0) is 5.75 Å². The third-order valence-corrected chi connectivity index (χ3v) is 4.40. The number of hydrogen-bond donors (Lipinski definition) is 0. The van der Waals surface area contributed by atoms with Crippen LogP contribution in [0.25, 0.3) is 11.0 Å². The van der Waals surface area contributed by atoms with Crippen molar-refractivity contribution in [3.8, 4) is 0 Å². The maximum atomic E-state index is 4.67. The van der Waals surface area contributed by atoms with Crippen LogP contribution >= 0.6 is 11.8 Å². The second-order valence-corrected chi connectivity index (χ2v) is 5.44. The van der Waals surface area contributed by atoms with Gasteiger partial charge in [0.15, 0.2) is 0 Å². The minimum atomic E-state index is 0.562. The second-order valence-electron chi connectivity index (χ2n) is 4.33. The van der Waals surface area contributed by atoms with Crippen LogP contribution in [0.5, 0.6) is 0 Å². The number of imidazole rings is 1. The van der Waals surface area contributed by atoms with E-state index in [9.17, 15) is 0 Å². The third-order valence-electron chi connectivity index (χ3n) is 2.88. The van der Waals surface area contributed by atoms with Crippen LogP contribution < -0.4 is 0 Å². The van der Waals surface area contributed by atoms with Crippen LogP contribution in [0.2, 0.25) is 0 Å². The number of aromatic nitrogens is 2. The molecular weight excluding hydrogens is 204 g/mol. The Kier molecular flexibility index (Phi) is 2.02. The van der Waals surface area contributed by atoms with E-state index in [4.69, 9.17) is 0 Å². The van der Waals surface area contributed by atoms with Gasteiger partial charge in [0.1, 0.15) is 5.82 Å². The van der Waals surface area contributed by atoms with Gasteiger partial charge in [0.05, 0.1) is 22.2 Å². The fraction of sp³-hybridized carbons (Fsp3) is 0.417. The number of fused-ring (bicyclic) bond motifs is 3. The summed E-state index contributed by atoms with van der Waals surface area (Å²) in [7, 11) is 0. The van der Waals surface area contributed by atoms with E-state index in [2.05, 4.69) is 47.7 Å². The number of thioether (sulfide) groups is 1. The van der Waals surface area contributed by atoms with Gasteiger partial charge in [-0.2, -0.15) is 0 Å². The molecule has 0 N–H and O–H groups in total. The molecule has 0 fully saturated rings. The Bertz CT molecular complexity index is 501. The number of para-hydroxylation sites is 2. The van der Waals surface area contributed by atoms with Gasteiger partial charge in [0.2, 0.25) is 0 Å². The summed E-state index contributed by atoms with van der Waals surface area (Å²) in [6.45, 7) is 4.56. The van der Waals surface area contributed by atoms with Gasteiger partial charge in [-0.25, -0.2) is 4.98 Å². The first kappa shape index (κ1) is 9.28. The van der Waals surface area contributed by atoms with Crippen molar-refractivity contribution in [3.05, 3.63) is 30.1 Å². The molecule has 0 amide bonds. The summed E-state index contributed by atoms with van der Waals surface area (Å²) in [5.74, 6) is 2.95. The van der Waals surface area contributed by atoms with E-state index in [0.29, 0.717) is 11.3 Å². The van der Waals surface area contributed by atoms with Crippen molar-refractivity contribution in [2.24, 2.45) is 5.92 Å². The molecule has 0 bridgehead atoms. The van der Waals surface area contributed by atoms with E-state index in [1.807, 2.05) is 11.8 Å². The highest BCUT2D eigenvalue weighted by atomic mass is 32.2. The SMILES string of the molecule is CC(C)C1SCc2nc3ccccc3n21. The van der Waals surface area contributed by atoms with Gasteiger partial charge in [-0.15, -0.1) is 11.8 Å². The third kappa shape index (κ3) is 1.29. The predicted octanol–water partition coefficient (Wildman–Crippen LogP) is 3.44. The van der Waals surface area contributed by atoms with Crippen molar-refractivity contribution >= 4 is 22.8 Å². The highest BCUT2D eigenvalue weighted by Crippen LogP contribution is 2.42. The first-order valence-corrected chi connectivity index (χ1v) is 6.39. The molecule has 78 valence electrons. The highest BCUT2D eigenvalue weighted by molar-refractivity contribution is 7.98. The minimum absolute atomic E-state index is 0.562. The van der Waals surface area contributed by atoms with Crippen molar-refractivity contribution in [2.45, 2.75) is 25.0 Å². The summed E-state index contributed by atoms with van der Waals surface area (Å²) in [4.78, 5) is 4.67. The largest absolute Gasteiger partial charge is 0.314 e. The maximum absolute atomic E-state index is 4.67. The lowest BCUT2D eigenvalue weighted by Crippen LogP contribution is -2.07. The molecule has 0 saturated heterocycles. The van der Waals surface area contributed by atoms with Crippen molar-refractivity contribution in [3.63, 3.8) is 0 Å². The molecule has 0 aliphatic carbocycles. The average Bonchev–Trinajstić information content (AvgIpc) is 2.74. The molecule has 2 heterocycles. The zero-order valence-electron chi connectivity index (χ0n) is 8.97. The summed E-state index contributed by atoms with van der Waals surface area (Å²) in [5.41, 5.74) is 2.43. The summed E-state index contributed by atoms with van der Waals surface area (Å²) in [6, 6.07) is 8.43. The van der Waals surface area contributed by atoms with Crippen LogP contribution in [0.15, 0.2) is 24.3 Å². The standard InChI is InChI=1S/C12H14N2S/c1-8(2)12-14-10-6-4-3-5-9(10)13-11(14)7-15-12/h3-6,8,12H,7H2,1-2H3. The van der Waals surface area contributed by atoms with Gasteiger partial charge >= 0.3 is 0 Å². The monoisotopic (exact) mass is 218 g/mol. The van der Waals surface area contributed by atoms with Gasteiger partial charge in [-0.3, -0.25) is 0 Å². The summed E-state index contributed by atoms with van der Waals surface area (Å²) < 4.78 is 2.41. The van der Waals surface area contributed by atoms with Gasteiger partial charge in [0, 0.05) is 0 Å². The number of benzene rings is 1. The van der Waals surface area contributed by atoms with Crippen LogP contribution in [0.4, 0.5) is 0 Å².